The van der Waals surface area contributed by atoms with E-state index in [-0.39, 0.29) is 0 Å². The molecule has 3 aliphatic carbocycles. The Morgan fingerprint density at radius 2 is 1.77 bits per heavy atom. The predicted octanol–water partition coefficient (Wildman–Crippen LogP) is 4.41. The normalized spacial score (nSPS) is 32.8. The van der Waals surface area contributed by atoms with E-state index in [2.05, 4.69) is 70.7 Å². The second kappa shape index (κ2) is 6.12. The molecule has 30 heavy (non-hydrogen) atoms. The van der Waals surface area contributed by atoms with E-state index in [9.17, 15) is 0 Å². The molecule has 154 valence electrons. The third-order valence-corrected chi connectivity index (χ3v) is 8.17. The summed E-state index contributed by atoms with van der Waals surface area (Å²) in [6, 6.07) is 18.6. The van der Waals surface area contributed by atoms with Crippen LogP contribution >= 0.6 is 0 Å². The van der Waals surface area contributed by atoms with Crippen LogP contribution in [0.4, 0.5) is 0 Å². The molecule has 2 aromatic carbocycles. The topological polar surface area (TPSA) is 40.3 Å². The number of para-hydroxylation sites is 1. The Labute approximate surface area is 177 Å². The third kappa shape index (κ3) is 2.35. The summed E-state index contributed by atoms with van der Waals surface area (Å²) >= 11 is 0. The molecule has 0 unspecified atom stereocenters. The van der Waals surface area contributed by atoms with Gasteiger partial charge in [-0.3, -0.25) is 4.90 Å². The molecule has 2 N–H and O–H groups in total. The molecule has 3 aromatic rings. The standard InChI is InChI=1S/C26H29N3O/c1-16-10-22-21-4-2-3-5-23(21)28-24(22)25(29(16)26-11-17(12-26)13-26)18-6-8-19(9-7-18)30-20-14-27-15-20/h2-9,16-17,20,25,27-28H,10-15H2,1H3/t16-,17?,25-,26?/m1/s1. The number of H-pyrrole nitrogens is 1. The molecule has 0 radical (unpaired) electrons. The number of benzene rings is 2. The van der Waals surface area contributed by atoms with Crippen LogP contribution in [0.2, 0.25) is 0 Å². The largest absolute Gasteiger partial charge is 0.488 e. The summed E-state index contributed by atoms with van der Waals surface area (Å²) in [7, 11) is 0. The minimum Gasteiger partial charge on any atom is -0.488 e. The summed E-state index contributed by atoms with van der Waals surface area (Å²) in [6.45, 7) is 4.36. The summed E-state index contributed by atoms with van der Waals surface area (Å²) in [5.74, 6) is 1.97. The molecule has 8 rings (SSSR count). The fraction of sp³-hybridized carbons (Fsp3) is 0.462. The molecular weight excluding hydrogens is 370 g/mol. The second-order valence-corrected chi connectivity index (χ2v) is 10.1. The number of fused-ring (bicyclic) bond motifs is 3. The summed E-state index contributed by atoms with van der Waals surface area (Å²) in [5.41, 5.74) is 6.02. The smallest absolute Gasteiger partial charge is 0.123 e. The predicted molar refractivity (Wildman–Crippen MR) is 119 cm³/mol. The summed E-state index contributed by atoms with van der Waals surface area (Å²) in [4.78, 5) is 6.71. The van der Waals surface area contributed by atoms with Gasteiger partial charge >= 0.3 is 0 Å². The maximum Gasteiger partial charge on any atom is 0.123 e. The highest BCUT2D eigenvalue weighted by Crippen LogP contribution is 2.64. The van der Waals surface area contributed by atoms with Crippen LogP contribution in [0.1, 0.15) is 49.0 Å². The average Bonchev–Trinajstić information content (AvgIpc) is 3.02. The van der Waals surface area contributed by atoms with E-state index in [1.165, 1.54) is 47.0 Å². The molecule has 4 heteroatoms. The highest BCUT2D eigenvalue weighted by atomic mass is 16.5. The van der Waals surface area contributed by atoms with E-state index < -0.39 is 0 Å². The first kappa shape index (κ1) is 17.4. The lowest BCUT2D eigenvalue weighted by Gasteiger charge is -2.70. The summed E-state index contributed by atoms with van der Waals surface area (Å²) in [5, 5.41) is 4.68. The van der Waals surface area contributed by atoms with Crippen LogP contribution in [0, 0.1) is 5.92 Å². The lowest BCUT2D eigenvalue weighted by atomic mass is 9.48. The SMILES string of the molecule is C[C@@H]1Cc2c([nH]c3ccccc23)[C@@H](c2ccc(OC3CNC3)cc2)N1C12CC(C1)C2. The molecule has 4 nitrogen and oxygen atoms in total. The van der Waals surface area contributed by atoms with E-state index in [4.69, 9.17) is 4.74 Å². The number of hydrogen-bond donors (Lipinski definition) is 2. The first-order valence-electron chi connectivity index (χ1n) is 11.6. The van der Waals surface area contributed by atoms with Gasteiger partial charge in [0.15, 0.2) is 0 Å². The van der Waals surface area contributed by atoms with Crippen molar-refractivity contribution in [2.24, 2.45) is 5.92 Å². The molecule has 4 fully saturated rings. The van der Waals surface area contributed by atoms with Crippen LogP contribution in [-0.2, 0) is 6.42 Å². The van der Waals surface area contributed by atoms with Crippen molar-refractivity contribution in [1.29, 1.82) is 0 Å². The Morgan fingerprint density at radius 1 is 1.00 bits per heavy atom. The van der Waals surface area contributed by atoms with E-state index in [0.717, 1.165) is 31.2 Å². The first-order valence-corrected chi connectivity index (χ1v) is 11.6. The van der Waals surface area contributed by atoms with E-state index in [1.54, 1.807) is 0 Å². The van der Waals surface area contributed by atoms with Crippen molar-refractivity contribution >= 4 is 10.9 Å². The van der Waals surface area contributed by atoms with E-state index in [1.807, 2.05) is 0 Å². The number of ether oxygens (including phenoxy) is 1. The lowest BCUT2D eigenvalue weighted by molar-refractivity contribution is -0.174. The molecule has 2 aliphatic heterocycles. The highest BCUT2D eigenvalue weighted by molar-refractivity contribution is 5.85. The van der Waals surface area contributed by atoms with Crippen LogP contribution in [0.25, 0.3) is 10.9 Å². The van der Waals surface area contributed by atoms with Crippen molar-refractivity contribution in [3.05, 3.63) is 65.4 Å². The van der Waals surface area contributed by atoms with Gasteiger partial charge in [-0.2, -0.15) is 0 Å². The fourth-order valence-electron chi connectivity index (χ4n) is 6.55. The molecule has 5 aliphatic rings. The van der Waals surface area contributed by atoms with Gasteiger partial charge in [0.2, 0.25) is 0 Å². The summed E-state index contributed by atoms with van der Waals surface area (Å²) in [6.07, 6.45) is 5.62. The zero-order chi connectivity index (χ0) is 19.9. The molecule has 2 atom stereocenters. The fourth-order valence-corrected chi connectivity index (χ4v) is 6.55. The molecule has 3 heterocycles. The number of aromatic nitrogens is 1. The van der Waals surface area contributed by atoms with Crippen molar-refractivity contribution in [3.63, 3.8) is 0 Å². The number of hydrogen-bond acceptors (Lipinski definition) is 3. The molecule has 1 aromatic heterocycles. The number of aromatic amines is 1. The average molecular weight is 400 g/mol. The number of nitrogens with zero attached hydrogens (tertiary/aromatic N) is 1. The zero-order valence-corrected chi connectivity index (χ0v) is 17.5. The van der Waals surface area contributed by atoms with Gasteiger partial charge < -0.3 is 15.0 Å². The molecule has 0 spiro atoms. The van der Waals surface area contributed by atoms with Crippen molar-refractivity contribution < 1.29 is 4.74 Å². The van der Waals surface area contributed by atoms with Crippen LogP contribution < -0.4 is 10.1 Å². The van der Waals surface area contributed by atoms with Crippen molar-refractivity contribution in [3.8, 4) is 5.75 Å². The first-order chi connectivity index (χ1) is 14.7. The number of rotatable bonds is 4. The quantitative estimate of drug-likeness (QED) is 0.683. The Morgan fingerprint density at radius 3 is 2.43 bits per heavy atom. The van der Waals surface area contributed by atoms with Gasteiger partial charge in [0.05, 0.1) is 6.04 Å². The highest BCUT2D eigenvalue weighted by Gasteiger charge is 2.63. The Kier molecular flexibility index (Phi) is 3.54. The maximum absolute atomic E-state index is 6.08. The Bertz CT molecular complexity index is 1100. The van der Waals surface area contributed by atoms with Gasteiger partial charge in [-0.05, 0) is 67.9 Å². The summed E-state index contributed by atoms with van der Waals surface area (Å²) < 4.78 is 6.08. The molecule has 3 saturated carbocycles. The van der Waals surface area contributed by atoms with E-state index in [0.29, 0.717) is 23.7 Å². The van der Waals surface area contributed by atoms with Crippen molar-refractivity contribution in [2.45, 2.75) is 56.3 Å². The molecular formula is C26H29N3O. The molecule has 1 saturated heterocycles. The monoisotopic (exact) mass is 399 g/mol. The minimum atomic E-state index is 0.303. The van der Waals surface area contributed by atoms with Gasteiger partial charge in [-0.25, -0.2) is 0 Å². The zero-order valence-electron chi connectivity index (χ0n) is 17.5. The third-order valence-electron chi connectivity index (χ3n) is 8.17. The van der Waals surface area contributed by atoms with Gasteiger partial charge in [0.1, 0.15) is 11.9 Å². The lowest BCUT2D eigenvalue weighted by Crippen LogP contribution is -2.71. The molecule has 0 amide bonds. The maximum atomic E-state index is 6.08. The van der Waals surface area contributed by atoms with Crippen LogP contribution in [0.3, 0.4) is 0 Å². The van der Waals surface area contributed by atoms with Crippen LogP contribution in [0.5, 0.6) is 5.75 Å². The van der Waals surface area contributed by atoms with Crippen molar-refractivity contribution in [1.82, 2.24) is 15.2 Å². The van der Waals surface area contributed by atoms with Crippen LogP contribution in [-0.4, -0.2) is 40.7 Å². The Balaban J connectivity index is 1.33. The van der Waals surface area contributed by atoms with Gasteiger partial charge in [-0.1, -0.05) is 30.3 Å². The minimum absolute atomic E-state index is 0.303. The van der Waals surface area contributed by atoms with Gasteiger partial charge in [0.25, 0.3) is 0 Å². The second-order valence-electron chi connectivity index (χ2n) is 10.1. The number of nitrogens with one attached hydrogen (secondary N) is 2. The van der Waals surface area contributed by atoms with Crippen molar-refractivity contribution in [2.75, 3.05) is 13.1 Å². The van der Waals surface area contributed by atoms with Crippen LogP contribution in [0.15, 0.2) is 48.5 Å². The Hall–Kier alpha value is -2.30. The van der Waals surface area contributed by atoms with Gasteiger partial charge in [-0.15, -0.1) is 0 Å². The molecule has 2 bridgehead atoms. The van der Waals surface area contributed by atoms with E-state index >= 15 is 0 Å². The van der Waals surface area contributed by atoms with Gasteiger partial charge in [0, 0.05) is 41.3 Å².